The number of amides is 2. The second kappa shape index (κ2) is 7.10. The van der Waals surface area contributed by atoms with Crippen molar-refractivity contribution in [1.29, 1.82) is 0 Å². The molecular weight excluding hydrogens is 312 g/mol. The molecule has 1 heterocycles. The lowest BCUT2D eigenvalue weighted by molar-refractivity contribution is -0.113. The number of methoxy groups -OCH3 is 1. The lowest BCUT2D eigenvalue weighted by Crippen LogP contribution is -2.13. The highest BCUT2D eigenvalue weighted by atomic mass is 35.5. The van der Waals surface area contributed by atoms with Crippen molar-refractivity contribution in [3.8, 4) is 5.75 Å². The Kier molecular flexibility index (Phi) is 5.19. The smallest absolute Gasteiger partial charge is 0.265 e. The summed E-state index contributed by atoms with van der Waals surface area (Å²) in [5.74, 6) is -0.126. The average molecular weight is 325 g/mol. The van der Waals surface area contributed by atoms with Gasteiger partial charge < -0.3 is 15.4 Å². The maximum Gasteiger partial charge on any atom is 0.265 e. The van der Waals surface area contributed by atoms with Gasteiger partial charge in [0.25, 0.3) is 5.91 Å². The van der Waals surface area contributed by atoms with Gasteiger partial charge in [-0.15, -0.1) is 22.9 Å². The molecule has 2 rings (SSSR count). The monoisotopic (exact) mass is 324 g/mol. The number of nitrogens with one attached hydrogen (secondary N) is 2. The molecule has 0 bridgehead atoms. The summed E-state index contributed by atoms with van der Waals surface area (Å²) in [5, 5.41) is 7.04. The Morgan fingerprint density at radius 3 is 2.76 bits per heavy atom. The molecule has 0 atom stereocenters. The molecule has 0 aliphatic rings. The van der Waals surface area contributed by atoms with E-state index in [4.69, 9.17) is 16.3 Å². The Hall–Kier alpha value is -2.05. The third-order valence-electron chi connectivity index (χ3n) is 2.58. The highest BCUT2D eigenvalue weighted by molar-refractivity contribution is 7.12. The number of alkyl halides is 1. The summed E-state index contributed by atoms with van der Waals surface area (Å²) in [7, 11) is 1.54. The van der Waals surface area contributed by atoms with Crippen LogP contribution in [0.25, 0.3) is 0 Å². The Bertz CT molecular complexity index is 657. The van der Waals surface area contributed by atoms with E-state index in [1.807, 2.05) is 6.07 Å². The fraction of sp³-hybridized carbons (Fsp3) is 0.143. The highest BCUT2D eigenvalue weighted by Gasteiger charge is 2.12. The first-order valence-corrected chi connectivity index (χ1v) is 7.44. The van der Waals surface area contributed by atoms with Gasteiger partial charge in [-0.05, 0) is 18.2 Å². The Labute approximate surface area is 130 Å². The van der Waals surface area contributed by atoms with E-state index in [0.29, 0.717) is 22.0 Å². The molecule has 1 aromatic carbocycles. The molecule has 0 spiro atoms. The van der Waals surface area contributed by atoms with Gasteiger partial charge in [0.2, 0.25) is 5.91 Å². The van der Waals surface area contributed by atoms with Crippen molar-refractivity contribution >= 4 is 46.1 Å². The van der Waals surface area contributed by atoms with E-state index in [1.54, 1.807) is 29.6 Å². The van der Waals surface area contributed by atoms with E-state index in [2.05, 4.69) is 10.6 Å². The molecule has 1 aromatic heterocycles. The van der Waals surface area contributed by atoms with E-state index in [-0.39, 0.29) is 17.7 Å². The molecule has 0 aliphatic carbocycles. The van der Waals surface area contributed by atoms with Crippen LogP contribution in [0.5, 0.6) is 5.75 Å². The summed E-state index contributed by atoms with van der Waals surface area (Å²) in [6.07, 6.45) is 0. The molecule has 0 saturated heterocycles. The zero-order valence-electron chi connectivity index (χ0n) is 11.2. The van der Waals surface area contributed by atoms with Gasteiger partial charge in [0.15, 0.2) is 0 Å². The molecule has 7 heteroatoms. The second-order valence-corrected chi connectivity index (χ2v) is 5.21. The van der Waals surface area contributed by atoms with Crippen LogP contribution < -0.4 is 15.4 Å². The normalized spacial score (nSPS) is 10.0. The summed E-state index contributed by atoms with van der Waals surface area (Å²) < 4.78 is 5.17. The van der Waals surface area contributed by atoms with Crippen molar-refractivity contribution in [3.05, 3.63) is 40.6 Å². The van der Waals surface area contributed by atoms with E-state index in [1.165, 1.54) is 18.4 Å². The predicted octanol–water partition coefficient (Wildman–Crippen LogP) is 3.19. The van der Waals surface area contributed by atoms with E-state index >= 15 is 0 Å². The maximum absolute atomic E-state index is 12.2. The van der Waals surface area contributed by atoms with Crippen LogP contribution in [0.3, 0.4) is 0 Å². The van der Waals surface area contributed by atoms with Gasteiger partial charge in [-0.3, -0.25) is 9.59 Å². The number of hydrogen-bond donors (Lipinski definition) is 2. The Morgan fingerprint density at radius 1 is 1.29 bits per heavy atom. The number of anilines is 2. The summed E-state index contributed by atoms with van der Waals surface area (Å²) >= 11 is 6.64. The van der Waals surface area contributed by atoms with Crippen molar-refractivity contribution in [2.45, 2.75) is 0 Å². The molecule has 5 nitrogen and oxygen atoms in total. The van der Waals surface area contributed by atoms with Crippen molar-refractivity contribution < 1.29 is 14.3 Å². The van der Waals surface area contributed by atoms with Gasteiger partial charge in [-0.25, -0.2) is 0 Å². The molecule has 0 radical (unpaired) electrons. The number of benzene rings is 1. The number of rotatable bonds is 5. The van der Waals surface area contributed by atoms with Crippen LogP contribution in [0.2, 0.25) is 0 Å². The molecule has 0 unspecified atom stereocenters. The number of ether oxygens (including phenoxy) is 1. The van der Waals surface area contributed by atoms with Crippen molar-refractivity contribution in [1.82, 2.24) is 0 Å². The van der Waals surface area contributed by atoms with Gasteiger partial charge in [0.1, 0.15) is 11.6 Å². The van der Waals surface area contributed by atoms with Gasteiger partial charge in [0, 0.05) is 5.38 Å². The first kappa shape index (κ1) is 15.3. The molecule has 0 fully saturated rings. The Morgan fingerprint density at radius 2 is 2.05 bits per heavy atom. The lowest BCUT2D eigenvalue weighted by atomic mass is 10.3. The number of hydrogen-bond acceptors (Lipinski definition) is 4. The molecule has 110 valence electrons. The number of para-hydroxylation sites is 2. The van der Waals surface area contributed by atoms with E-state index < -0.39 is 0 Å². The quantitative estimate of drug-likeness (QED) is 0.830. The van der Waals surface area contributed by atoms with Crippen molar-refractivity contribution in [3.63, 3.8) is 0 Å². The van der Waals surface area contributed by atoms with Gasteiger partial charge in [0.05, 0.1) is 23.4 Å². The molecular formula is C14H13ClN2O3S. The fourth-order valence-corrected chi connectivity index (χ4v) is 2.45. The number of halogens is 1. The summed E-state index contributed by atoms with van der Waals surface area (Å²) in [6.45, 7) is 0. The van der Waals surface area contributed by atoms with Crippen molar-refractivity contribution in [2.75, 3.05) is 23.6 Å². The largest absolute Gasteiger partial charge is 0.495 e. The van der Waals surface area contributed by atoms with Crippen LogP contribution >= 0.6 is 22.9 Å². The van der Waals surface area contributed by atoms with E-state index in [9.17, 15) is 9.59 Å². The zero-order valence-corrected chi connectivity index (χ0v) is 12.8. The standard InChI is InChI=1S/C14H13ClN2O3S/c1-20-11-5-3-2-4-10(11)17-14(19)12-6-9(8-21-12)16-13(18)7-15/h2-6,8H,7H2,1H3,(H,16,18)(H,17,19). The third kappa shape index (κ3) is 3.96. The molecule has 0 saturated carbocycles. The summed E-state index contributed by atoms with van der Waals surface area (Å²) in [6, 6.07) is 8.73. The molecule has 2 N–H and O–H groups in total. The van der Waals surface area contributed by atoms with Crippen LogP contribution in [-0.4, -0.2) is 24.8 Å². The predicted molar refractivity (Wildman–Crippen MR) is 84.6 cm³/mol. The third-order valence-corrected chi connectivity index (χ3v) is 3.76. The van der Waals surface area contributed by atoms with Crippen LogP contribution in [0.1, 0.15) is 9.67 Å². The number of thiophene rings is 1. The topological polar surface area (TPSA) is 67.4 Å². The fourth-order valence-electron chi connectivity index (χ4n) is 1.65. The highest BCUT2D eigenvalue weighted by Crippen LogP contribution is 2.25. The number of carbonyl (C=O) groups is 2. The van der Waals surface area contributed by atoms with Gasteiger partial charge in [-0.2, -0.15) is 0 Å². The van der Waals surface area contributed by atoms with Gasteiger partial charge >= 0.3 is 0 Å². The molecule has 2 amide bonds. The molecule has 2 aromatic rings. The minimum absolute atomic E-state index is 0.126. The second-order valence-electron chi connectivity index (χ2n) is 4.04. The zero-order chi connectivity index (χ0) is 15.2. The maximum atomic E-state index is 12.2. The molecule has 21 heavy (non-hydrogen) atoms. The minimum Gasteiger partial charge on any atom is -0.495 e. The van der Waals surface area contributed by atoms with Gasteiger partial charge in [-0.1, -0.05) is 12.1 Å². The first-order chi connectivity index (χ1) is 10.1. The Balaban J connectivity index is 2.08. The van der Waals surface area contributed by atoms with Crippen molar-refractivity contribution in [2.24, 2.45) is 0 Å². The summed E-state index contributed by atoms with van der Waals surface area (Å²) in [4.78, 5) is 23.8. The summed E-state index contributed by atoms with van der Waals surface area (Å²) in [5.41, 5.74) is 1.14. The minimum atomic E-state index is -0.314. The number of carbonyl (C=O) groups excluding carboxylic acids is 2. The lowest BCUT2D eigenvalue weighted by Gasteiger charge is -2.08. The SMILES string of the molecule is COc1ccccc1NC(=O)c1cc(NC(=O)CCl)cs1. The average Bonchev–Trinajstić information content (AvgIpc) is 2.96. The van der Waals surface area contributed by atoms with Crippen LogP contribution in [-0.2, 0) is 4.79 Å². The van der Waals surface area contributed by atoms with Crippen LogP contribution in [0.4, 0.5) is 11.4 Å². The first-order valence-electron chi connectivity index (χ1n) is 6.02. The van der Waals surface area contributed by atoms with Crippen LogP contribution in [0.15, 0.2) is 35.7 Å². The van der Waals surface area contributed by atoms with Crippen LogP contribution in [0, 0.1) is 0 Å². The molecule has 0 aliphatic heterocycles. The van der Waals surface area contributed by atoms with E-state index in [0.717, 1.165) is 0 Å².